The predicted molar refractivity (Wildman–Crippen MR) is 64.7 cm³/mol. The minimum atomic E-state index is -0.694. The summed E-state index contributed by atoms with van der Waals surface area (Å²) in [5, 5.41) is 12.2. The first-order chi connectivity index (χ1) is 8.00. The summed E-state index contributed by atoms with van der Waals surface area (Å²) in [7, 11) is 3.48. The van der Waals surface area contributed by atoms with Crippen molar-refractivity contribution in [1.29, 1.82) is 0 Å². The van der Waals surface area contributed by atoms with Crippen LogP contribution in [0, 0.1) is 5.92 Å². The van der Waals surface area contributed by atoms with E-state index in [0.717, 1.165) is 19.3 Å². The second-order valence-electron chi connectivity index (χ2n) is 4.89. The molecule has 98 valence electrons. The van der Waals surface area contributed by atoms with E-state index < -0.39 is 5.97 Å². The molecule has 0 aromatic rings. The van der Waals surface area contributed by atoms with Gasteiger partial charge in [-0.3, -0.25) is 9.59 Å². The number of amides is 1. The second kappa shape index (κ2) is 6.59. The Bertz CT molecular complexity index is 279. The fourth-order valence-corrected chi connectivity index (χ4v) is 2.21. The van der Waals surface area contributed by atoms with E-state index >= 15 is 0 Å². The molecular weight excluding hydrogens is 220 g/mol. The van der Waals surface area contributed by atoms with Crippen LogP contribution in [-0.4, -0.2) is 48.6 Å². The molecule has 0 aromatic carbocycles. The molecule has 0 aliphatic heterocycles. The second-order valence-corrected chi connectivity index (χ2v) is 4.89. The third kappa shape index (κ3) is 4.73. The van der Waals surface area contributed by atoms with Gasteiger partial charge in [0.1, 0.15) is 0 Å². The van der Waals surface area contributed by atoms with Crippen LogP contribution >= 0.6 is 0 Å². The van der Waals surface area contributed by atoms with Gasteiger partial charge >= 0.3 is 5.97 Å². The highest BCUT2D eigenvalue weighted by atomic mass is 16.4. The van der Waals surface area contributed by atoms with Crippen LogP contribution in [0.4, 0.5) is 0 Å². The monoisotopic (exact) mass is 242 g/mol. The average Bonchev–Trinajstić information content (AvgIpc) is 2.29. The number of aliphatic carboxylic acids is 1. The van der Waals surface area contributed by atoms with E-state index in [1.807, 2.05) is 0 Å². The molecule has 1 fully saturated rings. The molecule has 2 N–H and O–H groups in total. The lowest BCUT2D eigenvalue weighted by Crippen LogP contribution is -2.38. The molecule has 0 spiro atoms. The molecule has 0 bridgehead atoms. The first kappa shape index (κ1) is 14.0. The Labute approximate surface area is 102 Å². The van der Waals surface area contributed by atoms with Crippen molar-refractivity contribution in [3.8, 4) is 0 Å². The van der Waals surface area contributed by atoms with Gasteiger partial charge in [-0.1, -0.05) is 6.42 Å². The molecule has 17 heavy (non-hydrogen) atoms. The maximum Gasteiger partial charge on any atom is 0.306 e. The van der Waals surface area contributed by atoms with Gasteiger partial charge in [0.05, 0.1) is 5.92 Å². The van der Waals surface area contributed by atoms with E-state index in [1.54, 1.807) is 19.0 Å². The van der Waals surface area contributed by atoms with Crippen molar-refractivity contribution in [2.24, 2.45) is 5.92 Å². The molecule has 1 amide bonds. The summed E-state index contributed by atoms with van der Waals surface area (Å²) in [5.74, 6) is -0.810. The molecule has 0 aromatic heterocycles. The number of nitrogens with zero attached hydrogens (tertiary/aromatic N) is 1. The summed E-state index contributed by atoms with van der Waals surface area (Å²) in [6.45, 7) is 0.633. The van der Waals surface area contributed by atoms with E-state index in [2.05, 4.69) is 5.32 Å². The number of carboxylic acids is 1. The quantitative estimate of drug-likeness (QED) is 0.744. The van der Waals surface area contributed by atoms with Crippen LogP contribution in [0.1, 0.15) is 32.1 Å². The van der Waals surface area contributed by atoms with Gasteiger partial charge in [0.2, 0.25) is 5.91 Å². The van der Waals surface area contributed by atoms with Crippen LogP contribution in [0.25, 0.3) is 0 Å². The lowest BCUT2D eigenvalue weighted by Gasteiger charge is -2.27. The predicted octanol–water partition coefficient (Wildman–Crippen LogP) is 0.698. The average molecular weight is 242 g/mol. The highest BCUT2D eigenvalue weighted by molar-refractivity contribution is 5.75. The number of nitrogens with one attached hydrogen (secondary N) is 1. The van der Waals surface area contributed by atoms with E-state index in [9.17, 15) is 9.59 Å². The van der Waals surface area contributed by atoms with Gasteiger partial charge in [-0.2, -0.15) is 0 Å². The number of rotatable bonds is 5. The fraction of sp³-hybridized carbons (Fsp3) is 0.833. The van der Waals surface area contributed by atoms with Gasteiger partial charge in [0.15, 0.2) is 0 Å². The van der Waals surface area contributed by atoms with Gasteiger partial charge < -0.3 is 15.3 Å². The molecule has 1 saturated carbocycles. The molecule has 2 atom stereocenters. The molecule has 1 aliphatic carbocycles. The minimum absolute atomic E-state index is 0.100. The van der Waals surface area contributed by atoms with Gasteiger partial charge in [-0.15, -0.1) is 0 Å². The Balaban J connectivity index is 2.23. The fourth-order valence-electron chi connectivity index (χ4n) is 2.21. The molecule has 0 saturated heterocycles. The molecule has 1 aliphatic rings. The number of carboxylic acid groups (broad SMARTS) is 1. The molecule has 5 heteroatoms. The summed E-state index contributed by atoms with van der Waals surface area (Å²) in [6, 6.07) is 0.250. The Morgan fingerprint density at radius 1 is 1.35 bits per heavy atom. The van der Waals surface area contributed by atoms with Gasteiger partial charge in [-0.25, -0.2) is 0 Å². The highest BCUT2D eigenvalue weighted by Crippen LogP contribution is 2.24. The summed E-state index contributed by atoms with van der Waals surface area (Å²) in [5.41, 5.74) is 0. The topological polar surface area (TPSA) is 69.6 Å². The first-order valence-corrected chi connectivity index (χ1v) is 6.17. The summed E-state index contributed by atoms with van der Waals surface area (Å²) in [4.78, 5) is 23.8. The smallest absolute Gasteiger partial charge is 0.306 e. The summed E-state index contributed by atoms with van der Waals surface area (Å²) in [6.07, 6.45) is 3.91. The minimum Gasteiger partial charge on any atom is -0.481 e. The molecule has 5 nitrogen and oxygen atoms in total. The molecule has 2 unspecified atom stereocenters. The van der Waals surface area contributed by atoms with Gasteiger partial charge in [0.25, 0.3) is 0 Å². The normalized spacial score (nSPS) is 24.4. The van der Waals surface area contributed by atoms with Crippen LogP contribution in [0.5, 0.6) is 0 Å². The zero-order valence-corrected chi connectivity index (χ0v) is 10.6. The van der Waals surface area contributed by atoms with Crippen LogP contribution in [0.3, 0.4) is 0 Å². The molecule has 0 heterocycles. The van der Waals surface area contributed by atoms with Crippen molar-refractivity contribution in [3.63, 3.8) is 0 Å². The van der Waals surface area contributed by atoms with E-state index in [-0.39, 0.29) is 17.9 Å². The van der Waals surface area contributed by atoms with E-state index in [1.165, 1.54) is 0 Å². The zero-order valence-electron chi connectivity index (χ0n) is 10.6. The Morgan fingerprint density at radius 3 is 2.65 bits per heavy atom. The molecular formula is C12H22N2O3. The van der Waals surface area contributed by atoms with Crippen molar-refractivity contribution in [1.82, 2.24) is 10.2 Å². The lowest BCUT2D eigenvalue weighted by molar-refractivity contribution is -0.143. The number of carbonyl (C=O) groups is 2. The zero-order chi connectivity index (χ0) is 12.8. The van der Waals surface area contributed by atoms with Crippen molar-refractivity contribution in [2.45, 2.75) is 38.1 Å². The Kier molecular flexibility index (Phi) is 5.41. The molecule has 1 rings (SSSR count). The van der Waals surface area contributed by atoms with Crippen molar-refractivity contribution >= 4 is 11.9 Å². The summed E-state index contributed by atoms with van der Waals surface area (Å²) >= 11 is 0. The Morgan fingerprint density at radius 2 is 2.06 bits per heavy atom. The van der Waals surface area contributed by atoms with E-state index in [4.69, 9.17) is 5.11 Å². The number of hydrogen-bond donors (Lipinski definition) is 2. The number of carbonyl (C=O) groups excluding carboxylic acids is 1. The Hall–Kier alpha value is -1.10. The van der Waals surface area contributed by atoms with Crippen LogP contribution in [-0.2, 0) is 9.59 Å². The van der Waals surface area contributed by atoms with Gasteiger partial charge in [-0.05, 0) is 19.3 Å². The lowest BCUT2D eigenvalue weighted by atomic mass is 9.86. The van der Waals surface area contributed by atoms with Gasteiger partial charge in [0, 0.05) is 33.1 Å². The maximum atomic E-state index is 11.3. The largest absolute Gasteiger partial charge is 0.481 e. The first-order valence-electron chi connectivity index (χ1n) is 6.17. The standard InChI is InChI=1S/C12H22N2O3/c1-14(2)11(15)6-7-13-10-5-3-4-9(8-10)12(16)17/h9-10,13H,3-8H2,1-2H3,(H,16,17). The summed E-state index contributed by atoms with van der Waals surface area (Å²) < 4.78 is 0. The van der Waals surface area contributed by atoms with Crippen LogP contribution < -0.4 is 5.32 Å². The van der Waals surface area contributed by atoms with E-state index in [0.29, 0.717) is 19.4 Å². The third-order valence-electron chi connectivity index (χ3n) is 3.29. The van der Waals surface area contributed by atoms with Crippen molar-refractivity contribution < 1.29 is 14.7 Å². The number of hydrogen-bond acceptors (Lipinski definition) is 3. The molecule has 0 radical (unpaired) electrons. The van der Waals surface area contributed by atoms with Crippen LogP contribution in [0.2, 0.25) is 0 Å². The van der Waals surface area contributed by atoms with Crippen molar-refractivity contribution in [2.75, 3.05) is 20.6 Å². The van der Waals surface area contributed by atoms with Crippen molar-refractivity contribution in [3.05, 3.63) is 0 Å². The maximum absolute atomic E-state index is 11.3. The van der Waals surface area contributed by atoms with Crippen LogP contribution in [0.15, 0.2) is 0 Å². The SMILES string of the molecule is CN(C)C(=O)CCNC1CCCC(C(=O)O)C1. The third-order valence-corrected chi connectivity index (χ3v) is 3.29. The highest BCUT2D eigenvalue weighted by Gasteiger charge is 2.26.